The molecule has 1 saturated heterocycles. The number of piperazine rings is 1. The minimum atomic E-state index is 0.632. The fraction of sp³-hybridized carbons (Fsp3) is 0.304. The van der Waals surface area contributed by atoms with Gasteiger partial charge >= 0.3 is 0 Å². The first kappa shape index (κ1) is 21.8. The van der Waals surface area contributed by atoms with Crippen molar-refractivity contribution < 1.29 is 9.47 Å². The summed E-state index contributed by atoms with van der Waals surface area (Å²) in [5, 5.41) is 5.84. The fourth-order valence-corrected chi connectivity index (χ4v) is 3.91. The summed E-state index contributed by atoms with van der Waals surface area (Å²) in [5.74, 6) is 2.20. The summed E-state index contributed by atoms with van der Waals surface area (Å²) in [6.07, 6.45) is 4.19. The van der Waals surface area contributed by atoms with Gasteiger partial charge in [0.1, 0.15) is 12.1 Å². The minimum Gasteiger partial charge on any atom is -0.493 e. The third-order valence-electron chi connectivity index (χ3n) is 5.41. The van der Waals surface area contributed by atoms with E-state index in [0.717, 1.165) is 49.3 Å². The maximum Gasteiger partial charge on any atom is 0.189 e. The summed E-state index contributed by atoms with van der Waals surface area (Å²) in [6, 6.07) is 14.0. The zero-order chi connectivity index (χ0) is 22.3. The number of hydrogen-bond acceptors (Lipinski definition) is 7. The Labute approximate surface area is 192 Å². The Hall–Kier alpha value is -3.46. The lowest BCUT2D eigenvalue weighted by Gasteiger charge is -2.36. The van der Waals surface area contributed by atoms with Crippen LogP contribution in [0.2, 0.25) is 0 Å². The molecule has 1 aliphatic rings. The van der Waals surface area contributed by atoms with Crippen molar-refractivity contribution in [3.05, 3.63) is 54.4 Å². The highest BCUT2D eigenvalue weighted by Gasteiger charge is 2.22. The van der Waals surface area contributed by atoms with Crippen molar-refractivity contribution >= 4 is 40.3 Å². The molecular formula is C23H26N6O2S. The van der Waals surface area contributed by atoms with Crippen LogP contribution in [0.3, 0.4) is 0 Å². The van der Waals surface area contributed by atoms with Gasteiger partial charge in [-0.3, -0.25) is 5.43 Å². The largest absolute Gasteiger partial charge is 0.493 e. The van der Waals surface area contributed by atoms with E-state index in [9.17, 15) is 0 Å². The van der Waals surface area contributed by atoms with Crippen LogP contribution in [0.25, 0.3) is 10.9 Å². The molecule has 2 heterocycles. The Balaban J connectivity index is 1.37. The SMILES string of the molecule is COc1cc2ncnc(N3CCN(C(=S)NN=CCc4ccccc4)CC3)c2cc1OC. The molecule has 0 radical (unpaired) electrons. The van der Waals surface area contributed by atoms with Gasteiger partial charge in [0.05, 0.1) is 19.7 Å². The lowest BCUT2D eigenvalue weighted by atomic mass is 10.2. The number of thiocarbonyl (C=S) groups is 1. The highest BCUT2D eigenvalue weighted by molar-refractivity contribution is 7.80. The van der Waals surface area contributed by atoms with Gasteiger partial charge in [-0.2, -0.15) is 5.10 Å². The Morgan fingerprint density at radius 2 is 1.78 bits per heavy atom. The second-order valence-corrected chi connectivity index (χ2v) is 7.70. The number of fused-ring (bicyclic) bond motifs is 1. The number of ether oxygens (including phenoxy) is 2. The van der Waals surface area contributed by atoms with Gasteiger partial charge in [-0.25, -0.2) is 9.97 Å². The highest BCUT2D eigenvalue weighted by Crippen LogP contribution is 2.34. The van der Waals surface area contributed by atoms with Crippen LogP contribution in [0.15, 0.2) is 53.9 Å². The zero-order valence-electron chi connectivity index (χ0n) is 18.2. The van der Waals surface area contributed by atoms with E-state index in [0.29, 0.717) is 16.6 Å². The van der Waals surface area contributed by atoms with E-state index in [4.69, 9.17) is 21.7 Å². The van der Waals surface area contributed by atoms with Crippen molar-refractivity contribution in [2.24, 2.45) is 5.10 Å². The van der Waals surface area contributed by atoms with Crippen LogP contribution in [0.1, 0.15) is 5.56 Å². The van der Waals surface area contributed by atoms with Crippen LogP contribution in [-0.4, -0.2) is 66.6 Å². The van der Waals surface area contributed by atoms with E-state index in [1.807, 2.05) is 36.5 Å². The monoisotopic (exact) mass is 450 g/mol. The molecule has 0 amide bonds. The Kier molecular flexibility index (Phi) is 6.96. The molecule has 32 heavy (non-hydrogen) atoms. The Morgan fingerprint density at radius 1 is 1.06 bits per heavy atom. The summed E-state index contributed by atoms with van der Waals surface area (Å²) in [5.41, 5.74) is 5.02. The lowest BCUT2D eigenvalue weighted by molar-refractivity contribution is 0.355. The fourth-order valence-electron chi connectivity index (χ4n) is 3.68. The number of aromatic nitrogens is 2. The first-order valence-corrected chi connectivity index (χ1v) is 10.8. The summed E-state index contributed by atoms with van der Waals surface area (Å²) < 4.78 is 10.9. The highest BCUT2D eigenvalue weighted by atomic mass is 32.1. The molecule has 0 unspecified atom stereocenters. The van der Waals surface area contributed by atoms with E-state index in [2.05, 4.69) is 42.4 Å². The first-order valence-electron chi connectivity index (χ1n) is 10.4. The van der Waals surface area contributed by atoms with Crippen molar-refractivity contribution in [3.8, 4) is 11.5 Å². The maximum atomic E-state index is 5.52. The molecule has 1 aliphatic heterocycles. The molecule has 4 rings (SSSR count). The first-order chi connectivity index (χ1) is 15.7. The summed E-state index contributed by atoms with van der Waals surface area (Å²) in [4.78, 5) is 13.3. The van der Waals surface area contributed by atoms with Gasteiger partial charge in [-0.15, -0.1) is 0 Å². The van der Waals surface area contributed by atoms with E-state index < -0.39 is 0 Å². The molecule has 8 nitrogen and oxygen atoms in total. The quantitative estimate of drug-likeness (QED) is 0.349. The standard InChI is InChI=1S/C23H26N6O2S/c1-30-20-14-18-19(15-21(20)31-2)24-16-25-22(18)28-10-12-29(13-11-28)23(32)27-26-9-8-17-6-4-3-5-7-17/h3-7,9,14-16H,8,10-13H2,1-2H3,(H,27,32). The van der Waals surface area contributed by atoms with Crippen molar-refractivity contribution in [1.29, 1.82) is 0 Å². The van der Waals surface area contributed by atoms with Crippen molar-refractivity contribution in [2.45, 2.75) is 6.42 Å². The molecule has 3 aromatic rings. The van der Waals surface area contributed by atoms with E-state index in [-0.39, 0.29) is 0 Å². The number of nitrogens with zero attached hydrogens (tertiary/aromatic N) is 5. The molecule has 1 aromatic heterocycles. The zero-order valence-corrected chi connectivity index (χ0v) is 19.0. The summed E-state index contributed by atoms with van der Waals surface area (Å²) in [7, 11) is 3.25. The summed E-state index contributed by atoms with van der Waals surface area (Å²) in [6.45, 7) is 3.13. The Morgan fingerprint density at radius 3 is 2.50 bits per heavy atom. The van der Waals surface area contributed by atoms with E-state index in [1.54, 1.807) is 20.5 Å². The van der Waals surface area contributed by atoms with Crippen LogP contribution >= 0.6 is 12.2 Å². The molecule has 0 saturated carbocycles. The number of nitrogens with one attached hydrogen (secondary N) is 1. The molecule has 2 aromatic carbocycles. The van der Waals surface area contributed by atoms with Gasteiger partial charge in [-0.1, -0.05) is 30.3 Å². The average Bonchev–Trinajstić information content (AvgIpc) is 2.86. The molecule has 166 valence electrons. The predicted molar refractivity (Wildman–Crippen MR) is 131 cm³/mol. The molecule has 0 bridgehead atoms. The second-order valence-electron chi connectivity index (χ2n) is 7.31. The van der Waals surface area contributed by atoms with E-state index in [1.165, 1.54) is 5.56 Å². The van der Waals surface area contributed by atoms with Crippen LogP contribution in [-0.2, 0) is 6.42 Å². The van der Waals surface area contributed by atoms with Crippen molar-refractivity contribution in [3.63, 3.8) is 0 Å². The molecule has 9 heteroatoms. The number of benzene rings is 2. The second kappa shape index (κ2) is 10.2. The topological polar surface area (TPSA) is 75.1 Å². The molecule has 0 spiro atoms. The van der Waals surface area contributed by atoms with Gasteiger partial charge in [-0.05, 0) is 23.8 Å². The van der Waals surface area contributed by atoms with Crippen molar-refractivity contribution in [1.82, 2.24) is 20.3 Å². The van der Waals surface area contributed by atoms with Gasteiger partial charge in [0, 0.05) is 50.3 Å². The van der Waals surface area contributed by atoms with Crippen LogP contribution in [0.5, 0.6) is 11.5 Å². The van der Waals surface area contributed by atoms with Gasteiger partial charge in [0.25, 0.3) is 0 Å². The van der Waals surface area contributed by atoms with E-state index >= 15 is 0 Å². The van der Waals surface area contributed by atoms with Gasteiger partial charge < -0.3 is 19.3 Å². The van der Waals surface area contributed by atoms with Gasteiger partial charge in [0.15, 0.2) is 16.6 Å². The molecular weight excluding hydrogens is 424 g/mol. The van der Waals surface area contributed by atoms with Crippen LogP contribution < -0.4 is 19.8 Å². The molecule has 1 N–H and O–H groups in total. The van der Waals surface area contributed by atoms with Crippen LogP contribution in [0.4, 0.5) is 5.82 Å². The number of anilines is 1. The Bertz CT molecular complexity index is 1100. The normalized spacial score (nSPS) is 14.1. The molecule has 1 fully saturated rings. The van der Waals surface area contributed by atoms with Gasteiger partial charge in [0.2, 0.25) is 0 Å². The number of hydrazone groups is 1. The number of hydrogen-bond donors (Lipinski definition) is 1. The van der Waals surface area contributed by atoms with Crippen LogP contribution in [0, 0.1) is 0 Å². The predicted octanol–water partition coefficient (Wildman–Crippen LogP) is 2.87. The lowest BCUT2D eigenvalue weighted by Crippen LogP contribution is -2.51. The third kappa shape index (κ3) is 4.88. The molecule has 0 atom stereocenters. The average molecular weight is 451 g/mol. The summed E-state index contributed by atoms with van der Waals surface area (Å²) >= 11 is 5.52. The van der Waals surface area contributed by atoms with Crippen molar-refractivity contribution in [2.75, 3.05) is 45.3 Å². The number of methoxy groups -OCH3 is 2. The number of rotatable bonds is 6. The smallest absolute Gasteiger partial charge is 0.189 e. The minimum absolute atomic E-state index is 0.632. The third-order valence-corrected chi connectivity index (χ3v) is 5.76. The maximum absolute atomic E-state index is 5.52. The molecule has 0 aliphatic carbocycles.